The summed E-state index contributed by atoms with van der Waals surface area (Å²) in [5, 5.41) is 12.9. The lowest BCUT2D eigenvalue weighted by atomic mass is 9.96. The zero-order chi connectivity index (χ0) is 21.5. The van der Waals surface area contributed by atoms with Crippen LogP contribution >= 0.6 is 0 Å². The fraction of sp³-hybridized carbons (Fsp3) is 0.0769. The number of carboxylic acids is 1. The van der Waals surface area contributed by atoms with Crippen LogP contribution in [0.1, 0.15) is 37.8 Å². The van der Waals surface area contributed by atoms with Crippen LogP contribution in [-0.2, 0) is 4.74 Å². The first-order chi connectivity index (χ1) is 15.1. The maximum absolute atomic E-state index is 13.1. The SMILES string of the molecule is Nc1cc2ccccc2c(C(=O)OCC2c3ccccc3-c3ccccc32)c1C(=O)[O-]. The summed E-state index contributed by atoms with van der Waals surface area (Å²) in [4.78, 5) is 24.9. The lowest BCUT2D eigenvalue weighted by molar-refractivity contribution is -0.255. The quantitative estimate of drug-likeness (QED) is 0.410. The van der Waals surface area contributed by atoms with E-state index in [4.69, 9.17) is 10.5 Å². The van der Waals surface area contributed by atoms with Gasteiger partial charge in [-0.05, 0) is 39.1 Å². The predicted octanol–water partition coefficient (Wildman–Crippen LogP) is 3.75. The van der Waals surface area contributed by atoms with Crippen LogP contribution in [0.15, 0.2) is 78.9 Å². The van der Waals surface area contributed by atoms with Crippen LogP contribution in [0.3, 0.4) is 0 Å². The number of rotatable bonds is 4. The van der Waals surface area contributed by atoms with Crippen molar-refractivity contribution in [2.24, 2.45) is 0 Å². The van der Waals surface area contributed by atoms with Crippen LogP contribution < -0.4 is 10.8 Å². The van der Waals surface area contributed by atoms with Gasteiger partial charge in [0.2, 0.25) is 0 Å². The number of nitrogen functional groups attached to an aromatic ring is 1. The second-order valence-corrected chi connectivity index (χ2v) is 7.55. The first kappa shape index (κ1) is 18.9. The van der Waals surface area contributed by atoms with Crippen molar-refractivity contribution >= 4 is 28.4 Å². The monoisotopic (exact) mass is 408 g/mol. The molecule has 5 heteroatoms. The van der Waals surface area contributed by atoms with Gasteiger partial charge in [-0.1, -0.05) is 72.8 Å². The first-order valence-corrected chi connectivity index (χ1v) is 9.94. The molecule has 0 fully saturated rings. The van der Waals surface area contributed by atoms with Crippen molar-refractivity contribution in [1.82, 2.24) is 0 Å². The number of aromatic carboxylic acids is 1. The number of carbonyl (C=O) groups excluding carboxylic acids is 2. The largest absolute Gasteiger partial charge is 0.545 e. The normalized spacial score (nSPS) is 12.4. The number of anilines is 1. The lowest BCUT2D eigenvalue weighted by Gasteiger charge is -2.18. The third-order valence-electron chi connectivity index (χ3n) is 5.83. The number of hydrogen-bond acceptors (Lipinski definition) is 5. The molecule has 1 aliphatic rings. The first-order valence-electron chi connectivity index (χ1n) is 9.94. The minimum atomic E-state index is -1.51. The molecule has 1 aliphatic carbocycles. The van der Waals surface area contributed by atoms with Crippen LogP contribution in [0, 0.1) is 0 Å². The lowest BCUT2D eigenvalue weighted by Crippen LogP contribution is -2.27. The van der Waals surface area contributed by atoms with Gasteiger partial charge in [0.15, 0.2) is 0 Å². The van der Waals surface area contributed by atoms with Gasteiger partial charge in [-0.2, -0.15) is 0 Å². The van der Waals surface area contributed by atoms with Gasteiger partial charge in [-0.25, -0.2) is 4.79 Å². The molecule has 0 saturated carbocycles. The van der Waals surface area contributed by atoms with Gasteiger partial charge in [0.25, 0.3) is 0 Å². The Morgan fingerprint density at radius 1 is 0.839 bits per heavy atom. The smallest absolute Gasteiger partial charge is 0.339 e. The molecule has 4 aromatic carbocycles. The van der Waals surface area contributed by atoms with Gasteiger partial charge in [0, 0.05) is 17.2 Å². The van der Waals surface area contributed by atoms with Gasteiger partial charge in [-0.3, -0.25) is 0 Å². The molecule has 0 unspecified atom stereocenters. The van der Waals surface area contributed by atoms with Crippen molar-refractivity contribution in [3.05, 3.63) is 101 Å². The second kappa shape index (κ2) is 7.29. The molecular formula is C26H18NO4-. The van der Waals surface area contributed by atoms with Gasteiger partial charge >= 0.3 is 5.97 Å². The maximum atomic E-state index is 13.1. The number of esters is 1. The third-order valence-corrected chi connectivity index (χ3v) is 5.83. The van der Waals surface area contributed by atoms with Crippen LogP contribution in [0.2, 0.25) is 0 Å². The fourth-order valence-corrected chi connectivity index (χ4v) is 4.47. The minimum absolute atomic E-state index is 0.0257. The number of ether oxygens (including phenoxy) is 1. The molecule has 0 bridgehead atoms. The molecule has 2 N–H and O–H groups in total. The Labute approximate surface area is 178 Å². The molecule has 0 spiro atoms. The summed E-state index contributed by atoms with van der Waals surface area (Å²) in [6.07, 6.45) is 0. The van der Waals surface area contributed by atoms with E-state index in [1.54, 1.807) is 24.3 Å². The highest BCUT2D eigenvalue weighted by molar-refractivity contribution is 6.15. The minimum Gasteiger partial charge on any atom is -0.545 e. The van der Waals surface area contributed by atoms with Crippen molar-refractivity contribution in [3.63, 3.8) is 0 Å². The topological polar surface area (TPSA) is 92.5 Å². The van der Waals surface area contributed by atoms with Gasteiger partial charge < -0.3 is 20.4 Å². The number of fused-ring (bicyclic) bond motifs is 4. The number of carbonyl (C=O) groups is 2. The summed E-state index contributed by atoms with van der Waals surface area (Å²) >= 11 is 0. The molecule has 4 aromatic rings. The Bertz CT molecular complexity index is 1310. The van der Waals surface area contributed by atoms with Crippen molar-refractivity contribution in [2.75, 3.05) is 12.3 Å². The predicted molar refractivity (Wildman–Crippen MR) is 117 cm³/mol. The third kappa shape index (κ3) is 3.02. The van der Waals surface area contributed by atoms with Crippen LogP contribution in [-0.4, -0.2) is 18.5 Å². The number of benzene rings is 4. The average molecular weight is 408 g/mol. The highest BCUT2D eigenvalue weighted by Gasteiger charge is 2.30. The van der Waals surface area contributed by atoms with Crippen molar-refractivity contribution in [1.29, 1.82) is 0 Å². The van der Waals surface area contributed by atoms with Crippen LogP contribution in [0.25, 0.3) is 21.9 Å². The van der Waals surface area contributed by atoms with E-state index in [0.29, 0.717) is 10.8 Å². The van der Waals surface area contributed by atoms with E-state index in [9.17, 15) is 14.7 Å². The van der Waals surface area contributed by atoms with E-state index < -0.39 is 11.9 Å². The van der Waals surface area contributed by atoms with E-state index in [2.05, 4.69) is 12.1 Å². The number of nitrogens with two attached hydrogens (primary N) is 1. The molecule has 0 heterocycles. The standard InChI is InChI=1S/C26H19NO4/c27-22-13-15-7-1-2-8-16(15)23(24(22)25(28)29)26(30)31-14-21-19-11-5-3-9-17(19)18-10-4-6-12-20(18)21/h1-13,21H,14,27H2,(H,28,29)/p-1. The Hall–Kier alpha value is -4.12. The van der Waals surface area contributed by atoms with Crippen LogP contribution in [0.5, 0.6) is 0 Å². The molecule has 0 saturated heterocycles. The number of carboxylic acid groups (broad SMARTS) is 1. The fourth-order valence-electron chi connectivity index (χ4n) is 4.47. The molecule has 0 aromatic heterocycles. The summed E-state index contributed by atoms with van der Waals surface area (Å²) in [7, 11) is 0. The summed E-state index contributed by atoms with van der Waals surface area (Å²) < 4.78 is 5.69. The number of hydrogen-bond donors (Lipinski definition) is 1. The van der Waals surface area contributed by atoms with E-state index in [-0.39, 0.29) is 29.3 Å². The Kier molecular flexibility index (Phi) is 4.44. The van der Waals surface area contributed by atoms with Crippen molar-refractivity contribution in [2.45, 2.75) is 5.92 Å². The highest BCUT2D eigenvalue weighted by Crippen LogP contribution is 2.44. The molecule has 5 nitrogen and oxygen atoms in total. The Morgan fingerprint density at radius 3 is 2.06 bits per heavy atom. The Morgan fingerprint density at radius 2 is 1.42 bits per heavy atom. The molecule has 0 amide bonds. The summed E-state index contributed by atoms with van der Waals surface area (Å²) in [5.41, 5.74) is 9.89. The van der Waals surface area contributed by atoms with E-state index in [1.165, 1.54) is 6.07 Å². The van der Waals surface area contributed by atoms with Gasteiger partial charge in [0.05, 0.1) is 11.5 Å². The molecule has 0 radical (unpaired) electrons. The molecule has 31 heavy (non-hydrogen) atoms. The molecule has 152 valence electrons. The second-order valence-electron chi connectivity index (χ2n) is 7.55. The maximum Gasteiger partial charge on any atom is 0.339 e. The van der Waals surface area contributed by atoms with E-state index in [0.717, 1.165) is 22.3 Å². The summed E-state index contributed by atoms with van der Waals surface area (Å²) in [5.74, 6) is -2.37. The zero-order valence-electron chi connectivity index (χ0n) is 16.5. The highest BCUT2D eigenvalue weighted by atomic mass is 16.5. The average Bonchev–Trinajstić information content (AvgIpc) is 3.10. The van der Waals surface area contributed by atoms with E-state index >= 15 is 0 Å². The van der Waals surface area contributed by atoms with Crippen molar-refractivity contribution < 1.29 is 19.4 Å². The van der Waals surface area contributed by atoms with E-state index in [1.807, 2.05) is 36.4 Å². The van der Waals surface area contributed by atoms with Crippen molar-refractivity contribution in [3.8, 4) is 11.1 Å². The summed E-state index contributed by atoms with van der Waals surface area (Å²) in [6.45, 7) is 0.0858. The van der Waals surface area contributed by atoms with Gasteiger partial charge in [0.1, 0.15) is 6.61 Å². The molecular weight excluding hydrogens is 390 g/mol. The molecule has 0 aliphatic heterocycles. The van der Waals surface area contributed by atoms with Crippen LogP contribution in [0.4, 0.5) is 5.69 Å². The molecule has 5 rings (SSSR count). The van der Waals surface area contributed by atoms with Gasteiger partial charge in [-0.15, -0.1) is 0 Å². The molecule has 0 atom stereocenters. The zero-order valence-corrected chi connectivity index (χ0v) is 16.5. The Balaban J connectivity index is 1.53. The summed E-state index contributed by atoms with van der Waals surface area (Å²) in [6, 6.07) is 24.5.